The SMILES string of the molecule is CC(COC(=O)NI)Cc1ccc(C(C)C(=O)O)cc1. The van der Waals surface area contributed by atoms with Gasteiger partial charge in [0, 0.05) is 0 Å². The van der Waals surface area contributed by atoms with Gasteiger partial charge in [0.2, 0.25) is 0 Å². The van der Waals surface area contributed by atoms with Gasteiger partial charge in [0.05, 0.1) is 35.4 Å². The molecule has 1 rings (SSSR count). The number of benzene rings is 1. The van der Waals surface area contributed by atoms with Gasteiger partial charge >= 0.3 is 12.1 Å². The van der Waals surface area contributed by atoms with E-state index in [0.29, 0.717) is 6.61 Å². The van der Waals surface area contributed by atoms with Crippen LogP contribution >= 0.6 is 22.9 Å². The van der Waals surface area contributed by atoms with Gasteiger partial charge in [0.1, 0.15) is 0 Å². The van der Waals surface area contributed by atoms with E-state index in [9.17, 15) is 9.59 Å². The molecule has 0 aliphatic heterocycles. The van der Waals surface area contributed by atoms with E-state index in [2.05, 4.69) is 3.53 Å². The number of carboxylic acids is 1. The van der Waals surface area contributed by atoms with Crippen molar-refractivity contribution < 1.29 is 19.4 Å². The fourth-order valence-corrected chi connectivity index (χ4v) is 1.95. The molecule has 0 spiro atoms. The first kappa shape index (κ1) is 16.7. The summed E-state index contributed by atoms with van der Waals surface area (Å²) in [7, 11) is 0. The van der Waals surface area contributed by atoms with Crippen molar-refractivity contribution in [3.8, 4) is 0 Å². The second-order valence-electron chi connectivity index (χ2n) is 4.80. The predicted molar refractivity (Wildman–Crippen MR) is 83.9 cm³/mol. The summed E-state index contributed by atoms with van der Waals surface area (Å²) in [5.74, 6) is -1.13. The van der Waals surface area contributed by atoms with E-state index < -0.39 is 18.0 Å². The average molecular weight is 391 g/mol. The zero-order valence-corrected chi connectivity index (χ0v) is 13.6. The molecule has 0 saturated heterocycles. The lowest BCUT2D eigenvalue weighted by molar-refractivity contribution is -0.138. The van der Waals surface area contributed by atoms with Gasteiger partial charge in [-0.3, -0.25) is 8.32 Å². The number of carbonyl (C=O) groups excluding carboxylic acids is 1. The summed E-state index contributed by atoms with van der Waals surface area (Å²) >= 11 is 1.73. The van der Waals surface area contributed by atoms with E-state index in [0.717, 1.165) is 17.5 Å². The lowest BCUT2D eigenvalue weighted by Crippen LogP contribution is -2.18. The molecule has 6 heteroatoms. The Morgan fingerprint density at radius 3 is 2.40 bits per heavy atom. The molecule has 0 heterocycles. The number of rotatable bonds is 6. The van der Waals surface area contributed by atoms with Crippen molar-refractivity contribution in [3.63, 3.8) is 0 Å². The first-order valence-corrected chi connectivity index (χ1v) is 7.37. The number of halogens is 1. The normalized spacial score (nSPS) is 13.3. The van der Waals surface area contributed by atoms with Crippen LogP contribution in [0.5, 0.6) is 0 Å². The lowest BCUT2D eigenvalue weighted by Gasteiger charge is -2.12. The molecule has 0 bridgehead atoms. The maximum Gasteiger partial charge on any atom is 0.415 e. The van der Waals surface area contributed by atoms with E-state index in [4.69, 9.17) is 9.84 Å². The summed E-state index contributed by atoms with van der Waals surface area (Å²) in [6.07, 6.45) is 0.332. The van der Waals surface area contributed by atoms with Crippen LogP contribution < -0.4 is 3.53 Å². The topological polar surface area (TPSA) is 75.6 Å². The minimum absolute atomic E-state index is 0.200. The van der Waals surface area contributed by atoms with Crippen molar-refractivity contribution in [3.05, 3.63) is 35.4 Å². The highest BCUT2D eigenvalue weighted by atomic mass is 127. The minimum Gasteiger partial charge on any atom is -0.481 e. The molecule has 0 radical (unpaired) electrons. The van der Waals surface area contributed by atoms with Crippen LogP contribution in [0.4, 0.5) is 4.79 Å². The average Bonchev–Trinajstić information content (AvgIpc) is 2.44. The number of amides is 1. The van der Waals surface area contributed by atoms with Gasteiger partial charge < -0.3 is 9.84 Å². The number of hydrogen-bond acceptors (Lipinski definition) is 3. The molecule has 2 unspecified atom stereocenters. The summed E-state index contributed by atoms with van der Waals surface area (Å²) in [4.78, 5) is 21.8. The van der Waals surface area contributed by atoms with Crippen LogP contribution in [-0.4, -0.2) is 23.8 Å². The molecule has 1 aromatic carbocycles. The van der Waals surface area contributed by atoms with Crippen LogP contribution in [0.15, 0.2) is 24.3 Å². The molecule has 2 atom stereocenters. The Morgan fingerprint density at radius 2 is 1.90 bits per heavy atom. The van der Waals surface area contributed by atoms with Gasteiger partial charge in [-0.25, -0.2) is 4.79 Å². The van der Waals surface area contributed by atoms with Gasteiger partial charge in [-0.05, 0) is 30.4 Å². The zero-order valence-electron chi connectivity index (χ0n) is 11.4. The Balaban J connectivity index is 2.52. The van der Waals surface area contributed by atoms with Crippen LogP contribution in [0.3, 0.4) is 0 Å². The quantitative estimate of drug-likeness (QED) is 0.577. The number of carbonyl (C=O) groups is 2. The van der Waals surface area contributed by atoms with Crippen molar-refractivity contribution in [2.45, 2.75) is 26.2 Å². The molecule has 1 aromatic rings. The van der Waals surface area contributed by atoms with Crippen LogP contribution in [0.25, 0.3) is 0 Å². The summed E-state index contributed by atoms with van der Waals surface area (Å²) in [6.45, 7) is 4.01. The van der Waals surface area contributed by atoms with Crippen LogP contribution in [0.1, 0.15) is 30.9 Å². The Kier molecular flexibility index (Phi) is 6.77. The molecule has 110 valence electrons. The third-order valence-electron chi connectivity index (χ3n) is 3.01. The van der Waals surface area contributed by atoms with Crippen LogP contribution in [0.2, 0.25) is 0 Å². The van der Waals surface area contributed by atoms with Crippen LogP contribution in [-0.2, 0) is 16.0 Å². The highest BCUT2D eigenvalue weighted by Crippen LogP contribution is 2.17. The van der Waals surface area contributed by atoms with E-state index in [1.807, 2.05) is 31.2 Å². The monoisotopic (exact) mass is 391 g/mol. The van der Waals surface area contributed by atoms with Gasteiger partial charge in [0.25, 0.3) is 0 Å². The van der Waals surface area contributed by atoms with E-state index in [1.54, 1.807) is 29.8 Å². The van der Waals surface area contributed by atoms with Crippen molar-refractivity contribution in [2.24, 2.45) is 5.92 Å². The van der Waals surface area contributed by atoms with Crippen LogP contribution in [0, 0.1) is 5.92 Å². The highest BCUT2D eigenvalue weighted by Gasteiger charge is 2.13. The number of ether oxygens (including phenoxy) is 1. The van der Waals surface area contributed by atoms with E-state index in [-0.39, 0.29) is 5.92 Å². The molecule has 0 aliphatic rings. The number of carboxylic acid groups (broad SMARTS) is 1. The number of hydrogen-bond donors (Lipinski definition) is 2. The summed E-state index contributed by atoms with van der Waals surface area (Å²) < 4.78 is 7.35. The van der Waals surface area contributed by atoms with Gasteiger partial charge in [-0.15, -0.1) is 0 Å². The first-order valence-electron chi connectivity index (χ1n) is 6.29. The zero-order chi connectivity index (χ0) is 15.1. The summed E-state index contributed by atoms with van der Waals surface area (Å²) in [6, 6.07) is 7.51. The minimum atomic E-state index is -0.829. The van der Waals surface area contributed by atoms with Gasteiger partial charge in [0.15, 0.2) is 0 Å². The lowest BCUT2D eigenvalue weighted by atomic mass is 9.96. The van der Waals surface area contributed by atoms with Crippen molar-refractivity contribution in [1.29, 1.82) is 0 Å². The molecule has 0 saturated carbocycles. The van der Waals surface area contributed by atoms with Gasteiger partial charge in [-0.2, -0.15) is 0 Å². The maximum atomic E-state index is 11.0. The number of nitrogens with one attached hydrogen (secondary N) is 1. The van der Waals surface area contributed by atoms with E-state index >= 15 is 0 Å². The molecular weight excluding hydrogens is 373 g/mol. The van der Waals surface area contributed by atoms with Crippen molar-refractivity contribution >= 4 is 34.9 Å². The smallest absolute Gasteiger partial charge is 0.415 e. The molecule has 5 nitrogen and oxygen atoms in total. The fraction of sp³-hybridized carbons (Fsp3) is 0.429. The highest BCUT2D eigenvalue weighted by molar-refractivity contribution is 14.1. The number of aliphatic carboxylic acids is 1. The van der Waals surface area contributed by atoms with Crippen molar-refractivity contribution in [2.75, 3.05) is 6.61 Å². The maximum absolute atomic E-state index is 11.0. The predicted octanol–water partition coefficient (Wildman–Crippen LogP) is 3.13. The fourth-order valence-electron chi connectivity index (χ4n) is 1.79. The molecule has 0 aromatic heterocycles. The van der Waals surface area contributed by atoms with Crippen molar-refractivity contribution in [1.82, 2.24) is 3.53 Å². The molecular formula is C14H18INO4. The Labute approximate surface area is 132 Å². The second-order valence-corrected chi connectivity index (χ2v) is 5.34. The molecule has 2 N–H and O–H groups in total. The Hall–Kier alpha value is -1.31. The molecule has 0 fully saturated rings. The molecule has 1 amide bonds. The standard InChI is InChI=1S/C14H18INO4/c1-9(8-20-14(19)16-15)7-11-3-5-12(6-4-11)10(2)13(17)18/h3-6,9-10H,7-8H2,1-2H3,(H,16,19)(H,17,18). The third-order valence-corrected chi connectivity index (χ3v) is 3.45. The first-order chi connectivity index (χ1) is 9.43. The van der Waals surface area contributed by atoms with Gasteiger partial charge in [-0.1, -0.05) is 31.2 Å². The molecule has 20 heavy (non-hydrogen) atoms. The Morgan fingerprint density at radius 1 is 1.30 bits per heavy atom. The summed E-state index contributed by atoms with van der Waals surface area (Å²) in [5.41, 5.74) is 1.88. The second kappa shape index (κ2) is 8.08. The Bertz CT molecular complexity index is 461. The summed E-state index contributed by atoms with van der Waals surface area (Å²) in [5, 5.41) is 8.94. The van der Waals surface area contributed by atoms with E-state index in [1.165, 1.54) is 0 Å². The molecule has 0 aliphatic carbocycles. The largest absolute Gasteiger partial charge is 0.481 e. The third kappa shape index (κ3) is 5.36.